The third kappa shape index (κ3) is 5.97. The summed E-state index contributed by atoms with van der Waals surface area (Å²) in [5, 5.41) is 5.18. The average molecular weight is 357 g/mol. The molecule has 0 heterocycles. The van der Waals surface area contributed by atoms with Gasteiger partial charge < -0.3 is 15.5 Å². The number of carbonyl (C=O) groups is 2. The fourth-order valence-corrected chi connectivity index (χ4v) is 2.43. The van der Waals surface area contributed by atoms with Gasteiger partial charge in [-0.25, -0.2) is 4.39 Å². The summed E-state index contributed by atoms with van der Waals surface area (Å²) in [6.45, 7) is 4.07. The quantitative estimate of drug-likeness (QED) is 0.762. The number of rotatable bonds is 8. The third-order valence-electron chi connectivity index (χ3n) is 4.00. The van der Waals surface area contributed by atoms with E-state index in [0.717, 1.165) is 18.7 Å². The first-order chi connectivity index (χ1) is 12.5. The molecule has 2 rings (SSSR count). The van der Waals surface area contributed by atoms with Gasteiger partial charge in [0.25, 0.3) is 5.91 Å². The fourth-order valence-electron chi connectivity index (χ4n) is 2.43. The number of nitrogens with zero attached hydrogens (tertiary/aromatic N) is 1. The molecule has 0 aromatic heterocycles. The molecule has 0 aliphatic rings. The van der Waals surface area contributed by atoms with Crippen molar-refractivity contribution >= 4 is 11.8 Å². The van der Waals surface area contributed by atoms with Crippen molar-refractivity contribution in [2.75, 3.05) is 20.1 Å². The molecule has 2 N–H and O–H groups in total. The molecule has 2 aromatic carbocycles. The number of hydrogen-bond donors (Lipinski definition) is 2. The van der Waals surface area contributed by atoms with Crippen LogP contribution >= 0.6 is 0 Å². The fraction of sp³-hybridized carbons (Fsp3) is 0.300. The molecule has 0 aliphatic heterocycles. The summed E-state index contributed by atoms with van der Waals surface area (Å²) in [5.41, 5.74) is 2.09. The Hall–Kier alpha value is -2.73. The minimum absolute atomic E-state index is 0.0759. The first-order valence-electron chi connectivity index (χ1n) is 8.55. The van der Waals surface area contributed by atoms with Crippen molar-refractivity contribution in [3.63, 3.8) is 0 Å². The predicted molar refractivity (Wildman–Crippen MR) is 99.0 cm³/mol. The van der Waals surface area contributed by atoms with Gasteiger partial charge >= 0.3 is 0 Å². The molecule has 0 bridgehead atoms. The Morgan fingerprint density at radius 3 is 2.50 bits per heavy atom. The minimum Gasteiger partial charge on any atom is -0.350 e. The summed E-state index contributed by atoms with van der Waals surface area (Å²) in [7, 11) is 2.05. The monoisotopic (exact) mass is 357 g/mol. The number of benzene rings is 2. The van der Waals surface area contributed by atoms with E-state index in [0.29, 0.717) is 6.54 Å². The summed E-state index contributed by atoms with van der Waals surface area (Å²) in [5.74, 6) is -1.55. The van der Waals surface area contributed by atoms with Gasteiger partial charge in [-0.3, -0.25) is 9.59 Å². The Labute approximate surface area is 153 Å². The van der Waals surface area contributed by atoms with Crippen LogP contribution in [-0.2, 0) is 17.9 Å². The number of amides is 2. The first kappa shape index (κ1) is 19.6. The molecule has 0 spiro atoms. The topological polar surface area (TPSA) is 61.4 Å². The molecule has 2 aromatic rings. The lowest BCUT2D eigenvalue weighted by Gasteiger charge is -2.14. The molecule has 0 radical (unpaired) electrons. The zero-order chi connectivity index (χ0) is 18.9. The Kier molecular flexibility index (Phi) is 7.29. The second-order valence-corrected chi connectivity index (χ2v) is 6.09. The van der Waals surface area contributed by atoms with E-state index < -0.39 is 11.7 Å². The van der Waals surface area contributed by atoms with E-state index in [1.807, 2.05) is 31.3 Å². The van der Waals surface area contributed by atoms with Crippen LogP contribution in [0.3, 0.4) is 0 Å². The maximum absolute atomic E-state index is 13.5. The van der Waals surface area contributed by atoms with E-state index in [4.69, 9.17) is 0 Å². The van der Waals surface area contributed by atoms with Crippen LogP contribution in [0, 0.1) is 5.82 Å². The molecule has 0 saturated heterocycles. The summed E-state index contributed by atoms with van der Waals surface area (Å²) < 4.78 is 13.5. The lowest BCUT2D eigenvalue weighted by molar-refractivity contribution is -0.120. The van der Waals surface area contributed by atoms with Crippen LogP contribution in [0.4, 0.5) is 4.39 Å². The van der Waals surface area contributed by atoms with Gasteiger partial charge in [-0.05, 0) is 36.9 Å². The van der Waals surface area contributed by atoms with Crippen molar-refractivity contribution in [2.45, 2.75) is 20.0 Å². The molecule has 0 saturated carbocycles. The average Bonchev–Trinajstić information content (AvgIpc) is 2.65. The maximum Gasteiger partial charge on any atom is 0.254 e. The van der Waals surface area contributed by atoms with Crippen molar-refractivity contribution in [1.29, 1.82) is 0 Å². The van der Waals surface area contributed by atoms with Crippen LogP contribution in [0.2, 0.25) is 0 Å². The number of carbonyl (C=O) groups excluding carboxylic acids is 2. The van der Waals surface area contributed by atoms with Crippen LogP contribution in [-0.4, -0.2) is 36.9 Å². The van der Waals surface area contributed by atoms with E-state index in [-0.39, 0.29) is 18.0 Å². The number of nitrogens with one attached hydrogen (secondary N) is 2. The SMILES string of the molecule is CCN(C)Cc1cccc(CNC(=O)CNC(=O)c2ccccc2F)c1. The molecule has 0 unspecified atom stereocenters. The highest BCUT2D eigenvalue weighted by Gasteiger charge is 2.11. The lowest BCUT2D eigenvalue weighted by atomic mass is 10.1. The Bertz CT molecular complexity index is 764. The summed E-state index contributed by atoms with van der Waals surface area (Å²) >= 11 is 0. The van der Waals surface area contributed by atoms with Crippen LogP contribution < -0.4 is 10.6 Å². The van der Waals surface area contributed by atoms with Gasteiger partial charge in [-0.15, -0.1) is 0 Å². The highest BCUT2D eigenvalue weighted by Crippen LogP contribution is 2.08. The maximum atomic E-state index is 13.5. The van der Waals surface area contributed by atoms with Crippen LogP contribution in [0.5, 0.6) is 0 Å². The largest absolute Gasteiger partial charge is 0.350 e. The molecule has 6 heteroatoms. The van der Waals surface area contributed by atoms with E-state index in [1.54, 1.807) is 6.07 Å². The molecule has 138 valence electrons. The highest BCUT2D eigenvalue weighted by molar-refractivity contribution is 5.96. The summed E-state index contributed by atoms with van der Waals surface area (Å²) in [4.78, 5) is 26.0. The normalized spacial score (nSPS) is 10.6. The molecule has 0 aliphatic carbocycles. The Morgan fingerprint density at radius 2 is 1.77 bits per heavy atom. The van der Waals surface area contributed by atoms with Crippen LogP contribution in [0.25, 0.3) is 0 Å². The molecule has 26 heavy (non-hydrogen) atoms. The molecule has 5 nitrogen and oxygen atoms in total. The smallest absolute Gasteiger partial charge is 0.254 e. The number of halogens is 1. The molecular weight excluding hydrogens is 333 g/mol. The van der Waals surface area contributed by atoms with Gasteiger partial charge in [0.2, 0.25) is 5.91 Å². The summed E-state index contributed by atoms with van der Waals surface area (Å²) in [6.07, 6.45) is 0. The number of hydrogen-bond acceptors (Lipinski definition) is 3. The van der Waals surface area contributed by atoms with Gasteiger partial charge in [-0.2, -0.15) is 0 Å². The second-order valence-electron chi connectivity index (χ2n) is 6.09. The lowest BCUT2D eigenvalue weighted by Crippen LogP contribution is -2.36. The van der Waals surface area contributed by atoms with Gasteiger partial charge in [0, 0.05) is 13.1 Å². The van der Waals surface area contributed by atoms with Crippen molar-refractivity contribution in [3.8, 4) is 0 Å². The van der Waals surface area contributed by atoms with E-state index >= 15 is 0 Å². The van der Waals surface area contributed by atoms with Gasteiger partial charge in [0.05, 0.1) is 12.1 Å². The van der Waals surface area contributed by atoms with Gasteiger partial charge in [-0.1, -0.05) is 43.3 Å². The first-order valence-corrected chi connectivity index (χ1v) is 8.55. The van der Waals surface area contributed by atoms with E-state index in [1.165, 1.54) is 23.8 Å². The molecular formula is C20H24FN3O2. The van der Waals surface area contributed by atoms with Crippen LogP contribution in [0.15, 0.2) is 48.5 Å². The van der Waals surface area contributed by atoms with E-state index in [2.05, 4.69) is 22.5 Å². The second kappa shape index (κ2) is 9.68. The van der Waals surface area contributed by atoms with Crippen molar-refractivity contribution in [1.82, 2.24) is 15.5 Å². The molecule has 2 amide bonds. The Balaban J connectivity index is 1.81. The van der Waals surface area contributed by atoms with Crippen molar-refractivity contribution in [3.05, 3.63) is 71.0 Å². The van der Waals surface area contributed by atoms with Gasteiger partial charge in [0.1, 0.15) is 5.82 Å². The molecule has 0 fully saturated rings. The van der Waals surface area contributed by atoms with Crippen LogP contribution in [0.1, 0.15) is 28.4 Å². The zero-order valence-electron chi connectivity index (χ0n) is 15.1. The standard InChI is InChI=1S/C20H24FN3O2/c1-3-24(2)14-16-8-6-7-15(11-16)12-22-19(25)13-23-20(26)17-9-4-5-10-18(17)21/h4-11H,3,12-14H2,1-2H3,(H,22,25)(H,23,26). The Morgan fingerprint density at radius 1 is 1.04 bits per heavy atom. The molecule has 0 atom stereocenters. The third-order valence-corrected chi connectivity index (χ3v) is 4.00. The van der Waals surface area contributed by atoms with Gasteiger partial charge in [0.15, 0.2) is 0 Å². The zero-order valence-corrected chi connectivity index (χ0v) is 15.1. The predicted octanol–water partition coefficient (Wildman–Crippen LogP) is 2.32. The van der Waals surface area contributed by atoms with E-state index in [9.17, 15) is 14.0 Å². The minimum atomic E-state index is -0.612. The highest BCUT2D eigenvalue weighted by atomic mass is 19.1. The van der Waals surface area contributed by atoms with Crippen molar-refractivity contribution < 1.29 is 14.0 Å². The summed E-state index contributed by atoms with van der Waals surface area (Å²) in [6, 6.07) is 13.6. The van der Waals surface area contributed by atoms with Crippen molar-refractivity contribution in [2.24, 2.45) is 0 Å².